The largest absolute Gasteiger partial charge is 0.465 e. The van der Waals surface area contributed by atoms with E-state index in [2.05, 4.69) is 0 Å². The van der Waals surface area contributed by atoms with Gasteiger partial charge in [-0.2, -0.15) is 0 Å². The summed E-state index contributed by atoms with van der Waals surface area (Å²) in [5.74, 6) is -0.195. The summed E-state index contributed by atoms with van der Waals surface area (Å²) in [5, 5.41) is 0. The lowest BCUT2D eigenvalue weighted by Crippen LogP contribution is -2.36. The van der Waals surface area contributed by atoms with Crippen LogP contribution in [0.15, 0.2) is 24.3 Å². The Kier molecular flexibility index (Phi) is 3.30. The molecule has 1 aromatic carbocycles. The van der Waals surface area contributed by atoms with Crippen molar-refractivity contribution in [3.05, 3.63) is 29.8 Å². The predicted molar refractivity (Wildman–Crippen MR) is 71.7 cm³/mol. The molecule has 2 N–H and O–H groups in total. The van der Waals surface area contributed by atoms with Gasteiger partial charge in [-0.3, -0.25) is 4.79 Å². The third kappa shape index (κ3) is 2.20. The summed E-state index contributed by atoms with van der Waals surface area (Å²) in [6.45, 7) is 2.18. The minimum absolute atomic E-state index is 0.0905. The predicted octanol–water partition coefficient (Wildman–Crippen LogP) is 1.50. The summed E-state index contributed by atoms with van der Waals surface area (Å²) in [7, 11) is 4.00. The smallest absolute Gasteiger partial charge is 0.326 e. The molecular formula is C14H20N2O2. The lowest BCUT2D eigenvalue weighted by atomic mass is 10.1. The van der Waals surface area contributed by atoms with E-state index in [1.165, 1.54) is 0 Å². The molecule has 4 nitrogen and oxygen atoms in total. The highest BCUT2D eigenvalue weighted by atomic mass is 16.5. The molecule has 1 fully saturated rings. The summed E-state index contributed by atoms with van der Waals surface area (Å²) in [6.07, 6.45) is 0.674. The number of anilines is 1. The highest BCUT2D eigenvalue weighted by Crippen LogP contribution is 2.50. The van der Waals surface area contributed by atoms with Crippen LogP contribution in [-0.2, 0) is 9.53 Å². The van der Waals surface area contributed by atoms with Crippen LogP contribution in [0, 0.1) is 0 Å². The number of benzene rings is 1. The third-order valence-corrected chi connectivity index (χ3v) is 3.47. The Labute approximate surface area is 108 Å². The van der Waals surface area contributed by atoms with E-state index in [9.17, 15) is 4.79 Å². The van der Waals surface area contributed by atoms with Crippen LogP contribution in [0.3, 0.4) is 0 Å². The molecule has 0 bridgehead atoms. The minimum atomic E-state index is -0.810. The quantitative estimate of drug-likeness (QED) is 0.820. The number of rotatable bonds is 4. The monoisotopic (exact) mass is 248 g/mol. The number of ether oxygens (including phenoxy) is 1. The van der Waals surface area contributed by atoms with Crippen molar-refractivity contribution in [3.63, 3.8) is 0 Å². The average Bonchev–Trinajstić information content (AvgIpc) is 3.04. The maximum atomic E-state index is 11.7. The second-order valence-corrected chi connectivity index (χ2v) is 5.00. The molecule has 18 heavy (non-hydrogen) atoms. The lowest BCUT2D eigenvalue weighted by Gasteiger charge is -2.14. The molecule has 4 heteroatoms. The fourth-order valence-electron chi connectivity index (χ4n) is 2.19. The van der Waals surface area contributed by atoms with Gasteiger partial charge in [0.1, 0.15) is 5.54 Å². The van der Waals surface area contributed by atoms with Gasteiger partial charge in [0, 0.05) is 25.7 Å². The molecule has 0 heterocycles. The van der Waals surface area contributed by atoms with Gasteiger partial charge < -0.3 is 15.4 Å². The minimum Gasteiger partial charge on any atom is -0.465 e. The van der Waals surface area contributed by atoms with E-state index in [0.717, 1.165) is 11.3 Å². The lowest BCUT2D eigenvalue weighted by molar-refractivity contribution is -0.145. The van der Waals surface area contributed by atoms with E-state index < -0.39 is 5.54 Å². The van der Waals surface area contributed by atoms with Crippen molar-refractivity contribution in [3.8, 4) is 0 Å². The zero-order valence-electron chi connectivity index (χ0n) is 11.1. The van der Waals surface area contributed by atoms with Gasteiger partial charge >= 0.3 is 5.97 Å². The van der Waals surface area contributed by atoms with E-state index in [4.69, 9.17) is 10.5 Å². The maximum Gasteiger partial charge on any atom is 0.326 e. The first-order valence-electron chi connectivity index (χ1n) is 6.22. The molecule has 1 aliphatic carbocycles. The molecule has 0 spiro atoms. The molecule has 2 rings (SSSR count). The van der Waals surface area contributed by atoms with Gasteiger partial charge in [0.2, 0.25) is 0 Å². The summed E-state index contributed by atoms with van der Waals surface area (Å²) in [4.78, 5) is 13.8. The molecule has 0 amide bonds. The fourth-order valence-corrected chi connectivity index (χ4v) is 2.19. The first kappa shape index (κ1) is 12.9. The molecule has 1 saturated carbocycles. The van der Waals surface area contributed by atoms with E-state index in [-0.39, 0.29) is 11.9 Å². The molecule has 98 valence electrons. The van der Waals surface area contributed by atoms with Crippen LogP contribution in [0.1, 0.15) is 24.8 Å². The average molecular weight is 248 g/mol. The molecule has 0 saturated heterocycles. The number of carbonyl (C=O) groups is 1. The standard InChI is InChI=1S/C14H20N2O2/c1-4-18-13(17)14(15)9-12(14)10-5-7-11(8-6-10)16(2)3/h5-8,12H,4,9,15H2,1-3H3. The molecular weight excluding hydrogens is 228 g/mol. The molecule has 0 aliphatic heterocycles. The summed E-state index contributed by atoms with van der Waals surface area (Å²) < 4.78 is 5.01. The summed E-state index contributed by atoms with van der Waals surface area (Å²) >= 11 is 0. The summed E-state index contributed by atoms with van der Waals surface area (Å²) in [6, 6.07) is 8.15. The first-order chi connectivity index (χ1) is 8.49. The van der Waals surface area contributed by atoms with Crippen molar-refractivity contribution in [1.82, 2.24) is 0 Å². The second-order valence-electron chi connectivity index (χ2n) is 5.00. The Morgan fingerprint density at radius 2 is 2.06 bits per heavy atom. The molecule has 0 radical (unpaired) electrons. The van der Waals surface area contributed by atoms with Crippen molar-refractivity contribution < 1.29 is 9.53 Å². The third-order valence-electron chi connectivity index (χ3n) is 3.47. The number of esters is 1. The van der Waals surface area contributed by atoms with E-state index in [1.807, 2.05) is 43.3 Å². The van der Waals surface area contributed by atoms with Gasteiger partial charge in [-0.1, -0.05) is 12.1 Å². The van der Waals surface area contributed by atoms with Crippen LogP contribution in [0.5, 0.6) is 0 Å². The highest BCUT2D eigenvalue weighted by Gasteiger charge is 2.59. The van der Waals surface area contributed by atoms with Crippen molar-refractivity contribution in [2.75, 3.05) is 25.6 Å². The SMILES string of the molecule is CCOC(=O)C1(N)CC1c1ccc(N(C)C)cc1. The number of hydrogen-bond acceptors (Lipinski definition) is 4. The van der Waals surface area contributed by atoms with Crippen LogP contribution in [0.4, 0.5) is 5.69 Å². The number of nitrogens with zero attached hydrogens (tertiary/aromatic N) is 1. The van der Waals surface area contributed by atoms with Crippen LogP contribution < -0.4 is 10.6 Å². The Morgan fingerprint density at radius 1 is 1.44 bits per heavy atom. The van der Waals surface area contributed by atoms with Crippen molar-refractivity contribution >= 4 is 11.7 Å². The van der Waals surface area contributed by atoms with Crippen LogP contribution in [0.25, 0.3) is 0 Å². The second kappa shape index (κ2) is 4.61. The zero-order valence-corrected chi connectivity index (χ0v) is 11.1. The number of nitrogens with two attached hydrogens (primary N) is 1. The Bertz CT molecular complexity index is 442. The van der Waals surface area contributed by atoms with Crippen molar-refractivity contribution in [2.24, 2.45) is 5.73 Å². The van der Waals surface area contributed by atoms with Crippen LogP contribution in [0.2, 0.25) is 0 Å². The molecule has 1 aromatic rings. The Hall–Kier alpha value is -1.55. The molecule has 0 aromatic heterocycles. The first-order valence-corrected chi connectivity index (χ1v) is 6.22. The van der Waals surface area contributed by atoms with Gasteiger partial charge in [-0.15, -0.1) is 0 Å². The van der Waals surface area contributed by atoms with Crippen LogP contribution in [-0.4, -0.2) is 32.2 Å². The Balaban J connectivity index is 2.09. The van der Waals surface area contributed by atoms with Gasteiger partial charge in [-0.25, -0.2) is 0 Å². The number of hydrogen-bond donors (Lipinski definition) is 1. The van der Waals surface area contributed by atoms with Crippen LogP contribution >= 0.6 is 0 Å². The van der Waals surface area contributed by atoms with Gasteiger partial charge in [-0.05, 0) is 31.0 Å². The summed E-state index contributed by atoms with van der Waals surface area (Å²) in [5.41, 5.74) is 7.50. The van der Waals surface area contributed by atoms with E-state index >= 15 is 0 Å². The van der Waals surface area contributed by atoms with Crippen molar-refractivity contribution in [1.29, 1.82) is 0 Å². The van der Waals surface area contributed by atoms with E-state index in [1.54, 1.807) is 6.92 Å². The zero-order chi connectivity index (χ0) is 13.3. The van der Waals surface area contributed by atoms with Crippen molar-refractivity contribution in [2.45, 2.75) is 24.8 Å². The van der Waals surface area contributed by atoms with Gasteiger partial charge in [0.05, 0.1) is 6.61 Å². The molecule has 1 aliphatic rings. The maximum absolute atomic E-state index is 11.7. The Morgan fingerprint density at radius 3 is 2.56 bits per heavy atom. The molecule has 2 atom stereocenters. The fraction of sp³-hybridized carbons (Fsp3) is 0.500. The normalized spacial score (nSPS) is 25.7. The highest BCUT2D eigenvalue weighted by molar-refractivity contribution is 5.86. The number of carbonyl (C=O) groups excluding carboxylic acids is 1. The topological polar surface area (TPSA) is 55.6 Å². The van der Waals surface area contributed by atoms with Gasteiger partial charge in [0.15, 0.2) is 0 Å². The molecule has 2 unspecified atom stereocenters. The van der Waals surface area contributed by atoms with E-state index in [0.29, 0.717) is 13.0 Å². The van der Waals surface area contributed by atoms with Gasteiger partial charge in [0.25, 0.3) is 0 Å².